The van der Waals surface area contributed by atoms with Crippen LogP contribution >= 0.6 is 11.6 Å². The van der Waals surface area contributed by atoms with Gasteiger partial charge in [-0.2, -0.15) is 0 Å². The third kappa shape index (κ3) is 5.99. The van der Waals surface area contributed by atoms with Gasteiger partial charge < -0.3 is 13.9 Å². The second-order valence-corrected chi connectivity index (χ2v) is 17.3. The Labute approximate surface area is 286 Å². The Bertz CT molecular complexity index is 1600. The molecule has 47 heavy (non-hydrogen) atoms. The first-order chi connectivity index (χ1) is 22.5. The summed E-state index contributed by atoms with van der Waals surface area (Å²) in [6, 6.07) is 3.43. The van der Waals surface area contributed by atoms with Crippen molar-refractivity contribution >= 4 is 28.5 Å². The van der Waals surface area contributed by atoms with Gasteiger partial charge in [-0.15, -0.1) is 0 Å². The maximum Gasteiger partial charge on any atom is 0.344 e. The zero-order valence-electron chi connectivity index (χ0n) is 29.3. The summed E-state index contributed by atoms with van der Waals surface area (Å²) in [6.07, 6.45) is 18.6. The van der Waals surface area contributed by atoms with Gasteiger partial charge in [-0.05, 0) is 122 Å². The van der Waals surface area contributed by atoms with E-state index in [4.69, 9.17) is 25.5 Å². The number of fused-ring (bicyclic) bond motifs is 8. The quantitative estimate of drug-likeness (QED) is 0.152. The van der Waals surface area contributed by atoms with E-state index in [2.05, 4.69) is 40.7 Å². The number of esters is 1. The first kappa shape index (κ1) is 33.2. The van der Waals surface area contributed by atoms with Crippen LogP contribution in [0.25, 0.3) is 11.0 Å². The average Bonchev–Trinajstić information content (AvgIpc) is 3.66. The first-order valence-electron chi connectivity index (χ1n) is 18.8. The molecule has 2 aromatic rings. The largest absolute Gasteiger partial charge is 0.480 e. The van der Waals surface area contributed by atoms with Gasteiger partial charge in [0.25, 0.3) is 0 Å². The SMILES string of the molecule is CC(C)CCC[C@@H](C)[C@@H]1CC[C@@H]2[C@@H]3CC=C4C[C@@H](OC(=O)COc5cc6oc(=O)c7c(c6cc5Cl)CCC7)CC[C@]4(C)[C@@H]3CC[C@@]21C. The third-order valence-electron chi connectivity index (χ3n) is 13.9. The second kappa shape index (κ2) is 12.9. The number of benzene rings is 1. The minimum Gasteiger partial charge on any atom is -0.480 e. The van der Waals surface area contributed by atoms with Crippen LogP contribution in [-0.2, 0) is 22.4 Å². The van der Waals surface area contributed by atoms with E-state index in [1.165, 1.54) is 56.9 Å². The number of carbonyl (C=O) groups excluding carboxylic acids is 1. The van der Waals surface area contributed by atoms with Crippen molar-refractivity contribution in [3.8, 4) is 5.75 Å². The minimum absolute atomic E-state index is 0.119. The Hall–Kier alpha value is -2.27. The molecule has 0 bridgehead atoms. The van der Waals surface area contributed by atoms with Gasteiger partial charge in [0, 0.05) is 23.4 Å². The number of carbonyl (C=O) groups is 1. The molecular formula is C41H55ClO5. The summed E-state index contributed by atoms with van der Waals surface area (Å²) in [5, 5.41) is 1.26. The molecule has 3 saturated carbocycles. The van der Waals surface area contributed by atoms with Crippen LogP contribution in [0.1, 0.15) is 123 Å². The van der Waals surface area contributed by atoms with Crippen LogP contribution in [0.2, 0.25) is 5.02 Å². The molecule has 5 aliphatic rings. The molecule has 7 rings (SSSR count). The molecule has 1 aromatic carbocycles. The summed E-state index contributed by atoms with van der Waals surface area (Å²) in [7, 11) is 0. The van der Waals surface area contributed by atoms with Crippen LogP contribution in [0.15, 0.2) is 33.0 Å². The highest BCUT2D eigenvalue weighted by atomic mass is 35.5. The summed E-state index contributed by atoms with van der Waals surface area (Å²) >= 11 is 6.56. The first-order valence-corrected chi connectivity index (χ1v) is 19.2. The monoisotopic (exact) mass is 662 g/mol. The van der Waals surface area contributed by atoms with Crippen molar-refractivity contribution in [1.82, 2.24) is 0 Å². The lowest BCUT2D eigenvalue weighted by Crippen LogP contribution is -2.51. The molecular weight excluding hydrogens is 608 g/mol. The van der Waals surface area contributed by atoms with Crippen molar-refractivity contribution in [2.45, 2.75) is 131 Å². The van der Waals surface area contributed by atoms with Crippen molar-refractivity contribution in [2.24, 2.45) is 46.3 Å². The van der Waals surface area contributed by atoms with Crippen LogP contribution in [0.5, 0.6) is 5.75 Å². The second-order valence-electron chi connectivity index (χ2n) is 16.9. The normalized spacial score (nSPS) is 33.5. The van der Waals surface area contributed by atoms with Crippen LogP contribution < -0.4 is 10.4 Å². The Balaban J connectivity index is 0.966. The molecule has 0 aliphatic heterocycles. The van der Waals surface area contributed by atoms with Crippen LogP contribution in [0.4, 0.5) is 0 Å². The predicted molar refractivity (Wildman–Crippen MR) is 188 cm³/mol. The van der Waals surface area contributed by atoms with E-state index in [0.29, 0.717) is 21.8 Å². The predicted octanol–water partition coefficient (Wildman–Crippen LogP) is 10.3. The fraction of sp³-hybridized carbons (Fsp3) is 0.707. The lowest BCUT2D eigenvalue weighted by atomic mass is 9.47. The number of allylic oxidation sites excluding steroid dienone is 1. The summed E-state index contributed by atoms with van der Waals surface area (Å²) < 4.78 is 17.4. The van der Waals surface area contributed by atoms with Gasteiger partial charge in [-0.1, -0.05) is 77.1 Å². The summed E-state index contributed by atoms with van der Waals surface area (Å²) in [4.78, 5) is 25.4. The molecule has 0 unspecified atom stereocenters. The van der Waals surface area contributed by atoms with Crippen LogP contribution in [-0.4, -0.2) is 18.7 Å². The zero-order valence-corrected chi connectivity index (χ0v) is 30.1. The van der Waals surface area contributed by atoms with E-state index in [1.807, 2.05) is 0 Å². The molecule has 0 spiro atoms. The van der Waals surface area contributed by atoms with E-state index in [0.717, 1.165) is 90.5 Å². The zero-order chi connectivity index (χ0) is 33.1. The molecule has 0 radical (unpaired) electrons. The molecule has 3 fully saturated rings. The number of ether oxygens (including phenoxy) is 2. The molecule has 1 heterocycles. The lowest BCUT2D eigenvalue weighted by molar-refractivity contribution is -0.153. The fourth-order valence-corrected chi connectivity index (χ4v) is 11.7. The van der Waals surface area contributed by atoms with E-state index < -0.39 is 0 Å². The summed E-state index contributed by atoms with van der Waals surface area (Å²) in [5.41, 5.74) is 4.16. The van der Waals surface area contributed by atoms with E-state index in [-0.39, 0.29) is 29.7 Å². The third-order valence-corrected chi connectivity index (χ3v) is 14.2. The van der Waals surface area contributed by atoms with E-state index >= 15 is 0 Å². The highest BCUT2D eigenvalue weighted by Gasteiger charge is 2.59. The van der Waals surface area contributed by atoms with Gasteiger partial charge >= 0.3 is 11.6 Å². The smallest absolute Gasteiger partial charge is 0.344 e. The van der Waals surface area contributed by atoms with Gasteiger partial charge in [0.15, 0.2) is 6.61 Å². The molecule has 0 amide bonds. The van der Waals surface area contributed by atoms with Crippen LogP contribution in [0.3, 0.4) is 0 Å². The number of aryl methyl sites for hydroxylation is 1. The molecule has 5 aliphatic carbocycles. The summed E-state index contributed by atoms with van der Waals surface area (Å²) in [6.45, 7) is 12.2. The van der Waals surface area contributed by atoms with E-state index in [1.54, 1.807) is 12.1 Å². The molecule has 5 nitrogen and oxygen atoms in total. The van der Waals surface area contributed by atoms with Gasteiger partial charge in [-0.25, -0.2) is 9.59 Å². The van der Waals surface area contributed by atoms with Gasteiger partial charge in [0.05, 0.1) is 5.02 Å². The number of hydrogen-bond acceptors (Lipinski definition) is 5. The Morgan fingerprint density at radius 2 is 1.83 bits per heavy atom. The lowest BCUT2D eigenvalue weighted by Gasteiger charge is -2.58. The van der Waals surface area contributed by atoms with Crippen molar-refractivity contribution in [2.75, 3.05) is 6.61 Å². The van der Waals surface area contributed by atoms with Crippen molar-refractivity contribution in [3.63, 3.8) is 0 Å². The maximum absolute atomic E-state index is 13.0. The highest BCUT2D eigenvalue weighted by molar-refractivity contribution is 6.32. The molecule has 8 atom stereocenters. The minimum atomic E-state index is -0.382. The maximum atomic E-state index is 13.0. The topological polar surface area (TPSA) is 65.7 Å². The van der Waals surface area contributed by atoms with Crippen molar-refractivity contribution in [1.29, 1.82) is 0 Å². The fourth-order valence-electron chi connectivity index (χ4n) is 11.5. The van der Waals surface area contributed by atoms with Crippen molar-refractivity contribution < 1.29 is 18.7 Å². The molecule has 256 valence electrons. The van der Waals surface area contributed by atoms with Crippen molar-refractivity contribution in [3.05, 3.63) is 50.4 Å². The number of rotatable bonds is 9. The molecule has 1 aromatic heterocycles. The van der Waals surface area contributed by atoms with Gasteiger partial charge in [0.1, 0.15) is 17.4 Å². The van der Waals surface area contributed by atoms with Gasteiger partial charge in [-0.3, -0.25) is 0 Å². The molecule has 6 heteroatoms. The highest BCUT2D eigenvalue weighted by Crippen LogP contribution is 2.67. The Morgan fingerprint density at radius 3 is 2.64 bits per heavy atom. The Morgan fingerprint density at radius 1 is 1.02 bits per heavy atom. The molecule has 0 saturated heterocycles. The Kier molecular flexibility index (Phi) is 9.11. The number of halogens is 1. The number of hydrogen-bond donors (Lipinski definition) is 0. The van der Waals surface area contributed by atoms with Gasteiger partial charge in [0.2, 0.25) is 0 Å². The molecule has 0 N–H and O–H groups in total. The standard InChI is InChI=1S/C41H55ClO5/c1-24(2)8-6-9-25(3)32-14-15-33-30-13-12-26-20-27(16-18-40(26,4)34(30)17-19-41(32,33)5)46-38(43)23-45-37-22-36-31(21-35(37)42)28-10-7-11-29(28)39(44)47-36/h12,21-22,24-25,27,30,32-34H,6-11,13-20,23H2,1-5H3/t25-,27+,30+,32+,33-,34-,40+,41-/m1/s1. The van der Waals surface area contributed by atoms with E-state index in [9.17, 15) is 9.59 Å². The summed E-state index contributed by atoms with van der Waals surface area (Å²) in [5.74, 6) is 4.84. The average molecular weight is 663 g/mol. The van der Waals surface area contributed by atoms with Crippen LogP contribution in [0, 0.1) is 46.3 Å².